The minimum Gasteiger partial charge on any atom is -0.349 e. The highest BCUT2D eigenvalue weighted by molar-refractivity contribution is 7.62. The molecule has 6 heteroatoms. The van der Waals surface area contributed by atoms with E-state index in [1.165, 1.54) is 5.56 Å². The molecule has 2 N–H and O–H groups in total. The fraction of sp³-hybridized carbons (Fsp3) is 0.100. The number of carbonyl (C=O) groups excluding carboxylic acids is 1. The van der Waals surface area contributed by atoms with E-state index in [2.05, 4.69) is 28.8 Å². The number of primary amides is 1. The van der Waals surface area contributed by atoms with Crippen molar-refractivity contribution in [2.24, 2.45) is 10.1 Å². The maximum atomic E-state index is 9.47. The van der Waals surface area contributed by atoms with E-state index in [0.29, 0.717) is 0 Å². The van der Waals surface area contributed by atoms with Crippen LogP contribution >= 0.6 is 0 Å². The van der Waals surface area contributed by atoms with Crippen molar-refractivity contribution in [2.75, 3.05) is 0 Å². The van der Waals surface area contributed by atoms with E-state index in [9.17, 15) is 13.2 Å². The van der Waals surface area contributed by atoms with Crippen molar-refractivity contribution in [3.63, 3.8) is 0 Å². The van der Waals surface area contributed by atoms with Crippen LogP contribution in [0, 0.1) is 0 Å². The van der Waals surface area contributed by atoms with Gasteiger partial charge in [-0.15, -0.1) is 6.58 Å². The number of carbonyl (C=O) groups is 1. The standard InChI is InChI=1S/C9H10.CH2N2O3S/c1-2-6-9-7-4-3-5-8-9;2-1(4)3-7(5)6/h2-5,7-8H,1,6H2;(H2,2,4). The lowest BCUT2D eigenvalue weighted by Crippen LogP contribution is -2.02. The maximum Gasteiger partial charge on any atom is 0.353 e. The molecule has 0 bridgehead atoms. The third-order valence-electron chi connectivity index (χ3n) is 1.39. The molecule has 2 amide bonds. The predicted octanol–water partition coefficient (Wildman–Crippen LogP) is 1.54. The van der Waals surface area contributed by atoms with Crippen LogP contribution in [0.3, 0.4) is 0 Å². The molecule has 1 rings (SSSR count). The summed E-state index contributed by atoms with van der Waals surface area (Å²) in [7, 11) is -2.70. The molecule has 1 aromatic rings. The summed E-state index contributed by atoms with van der Waals surface area (Å²) in [6.07, 6.45) is 2.89. The summed E-state index contributed by atoms with van der Waals surface area (Å²) < 4.78 is 21.0. The third-order valence-corrected chi connectivity index (χ3v) is 1.72. The van der Waals surface area contributed by atoms with Crippen LogP contribution < -0.4 is 5.73 Å². The van der Waals surface area contributed by atoms with Crippen molar-refractivity contribution in [3.8, 4) is 0 Å². The summed E-state index contributed by atoms with van der Waals surface area (Å²) >= 11 is 0. The van der Waals surface area contributed by atoms with E-state index in [1.54, 1.807) is 0 Å². The van der Waals surface area contributed by atoms with Gasteiger partial charge >= 0.3 is 16.5 Å². The molecule has 0 aliphatic carbocycles. The van der Waals surface area contributed by atoms with Crippen LogP contribution in [-0.4, -0.2) is 14.4 Å². The average Bonchev–Trinajstić information content (AvgIpc) is 2.18. The number of hydrogen-bond acceptors (Lipinski definition) is 3. The Labute approximate surface area is 95.3 Å². The van der Waals surface area contributed by atoms with Gasteiger partial charge in [0.2, 0.25) is 0 Å². The number of allylic oxidation sites excluding steroid dienone is 1. The van der Waals surface area contributed by atoms with Gasteiger partial charge in [-0.05, 0) is 12.0 Å². The van der Waals surface area contributed by atoms with E-state index in [0.717, 1.165) is 6.42 Å². The Morgan fingerprint density at radius 3 is 2.25 bits per heavy atom. The lowest BCUT2D eigenvalue weighted by atomic mass is 10.2. The maximum absolute atomic E-state index is 9.47. The van der Waals surface area contributed by atoms with E-state index in [4.69, 9.17) is 0 Å². The largest absolute Gasteiger partial charge is 0.353 e. The number of nitrogens with zero attached hydrogens (tertiary/aromatic N) is 1. The molecule has 0 radical (unpaired) electrons. The van der Waals surface area contributed by atoms with Crippen LogP contribution in [0.5, 0.6) is 0 Å². The summed E-state index contributed by atoms with van der Waals surface area (Å²) in [6, 6.07) is 9.10. The van der Waals surface area contributed by atoms with Gasteiger partial charge in [-0.1, -0.05) is 40.8 Å². The number of amides is 2. The highest BCUT2D eigenvalue weighted by atomic mass is 32.2. The molecule has 0 spiro atoms. The van der Waals surface area contributed by atoms with Gasteiger partial charge in [0.1, 0.15) is 0 Å². The molecular weight excluding hydrogens is 228 g/mol. The molecule has 0 unspecified atom stereocenters. The second-order valence-corrected chi connectivity index (χ2v) is 3.24. The van der Waals surface area contributed by atoms with Crippen molar-refractivity contribution in [2.45, 2.75) is 6.42 Å². The Morgan fingerprint density at radius 2 is 1.94 bits per heavy atom. The zero-order valence-corrected chi connectivity index (χ0v) is 9.35. The Hall–Kier alpha value is -1.95. The Bertz CT molecular complexity index is 458. The second kappa shape index (κ2) is 8.37. The van der Waals surface area contributed by atoms with Crippen LogP contribution in [0.25, 0.3) is 0 Å². The van der Waals surface area contributed by atoms with Crippen molar-refractivity contribution in [3.05, 3.63) is 48.6 Å². The molecule has 0 saturated heterocycles. The molecule has 16 heavy (non-hydrogen) atoms. The first-order valence-corrected chi connectivity index (χ1v) is 5.34. The van der Waals surface area contributed by atoms with Crippen LogP contribution in [0.15, 0.2) is 47.3 Å². The SMILES string of the molecule is C=CCc1ccccc1.NC(=O)N=S(=O)=O. The minimum absolute atomic E-state index is 0.973. The van der Waals surface area contributed by atoms with E-state index in [-0.39, 0.29) is 0 Å². The first-order valence-electron chi connectivity index (χ1n) is 4.31. The Kier molecular flexibility index (Phi) is 7.35. The van der Waals surface area contributed by atoms with E-state index < -0.39 is 16.5 Å². The fourth-order valence-corrected chi connectivity index (χ4v) is 1.00. The highest BCUT2D eigenvalue weighted by Crippen LogP contribution is 1.98. The van der Waals surface area contributed by atoms with Crippen LogP contribution in [0.1, 0.15) is 5.56 Å². The monoisotopic (exact) mass is 240 g/mol. The van der Waals surface area contributed by atoms with E-state index in [1.807, 2.05) is 24.3 Å². The average molecular weight is 240 g/mol. The van der Waals surface area contributed by atoms with Crippen molar-refractivity contribution in [1.29, 1.82) is 0 Å². The summed E-state index contributed by atoms with van der Waals surface area (Å²) in [4.78, 5) is 9.47. The Morgan fingerprint density at radius 1 is 1.38 bits per heavy atom. The molecule has 86 valence electrons. The lowest BCUT2D eigenvalue weighted by Gasteiger charge is -1.91. The molecule has 5 nitrogen and oxygen atoms in total. The summed E-state index contributed by atoms with van der Waals surface area (Å²) in [5, 5.41) is 0. The van der Waals surface area contributed by atoms with Gasteiger partial charge in [0, 0.05) is 0 Å². The van der Waals surface area contributed by atoms with Crippen LogP contribution in [0.4, 0.5) is 4.79 Å². The zero-order valence-electron chi connectivity index (χ0n) is 8.54. The first-order chi connectivity index (χ1) is 7.56. The van der Waals surface area contributed by atoms with Crippen LogP contribution in [0.2, 0.25) is 0 Å². The fourth-order valence-electron chi connectivity index (χ4n) is 0.854. The molecular formula is C10H12N2O3S. The number of rotatable bonds is 2. The number of benzene rings is 1. The van der Waals surface area contributed by atoms with Gasteiger partial charge in [0.25, 0.3) is 0 Å². The number of hydrogen-bond donors (Lipinski definition) is 1. The van der Waals surface area contributed by atoms with Gasteiger partial charge < -0.3 is 5.73 Å². The van der Waals surface area contributed by atoms with Gasteiger partial charge in [0.05, 0.1) is 0 Å². The molecule has 0 fully saturated rings. The molecule has 0 saturated carbocycles. The Balaban J connectivity index is 0.000000293. The highest BCUT2D eigenvalue weighted by Gasteiger charge is 1.82. The molecule has 0 heterocycles. The molecule has 0 aromatic heterocycles. The third kappa shape index (κ3) is 8.64. The van der Waals surface area contributed by atoms with Gasteiger partial charge in [0.15, 0.2) is 0 Å². The van der Waals surface area contributed by atoms with Gasteiger partial charge in [-0.2, -0.15) is 8.42 Å². The quantitative estimate of drug-likeness (QED) is 0.795. The molecule has 0 aliphatic rings. The lowest BCUT2D eigenvalue weighted by molar-refractivity contribution is 0.257. The smallest absolute Gasteiger partial charge is 0.349 e. The summed E-state index contributed by atoms with van der Waals surface area (Å²) in [6.45, 7) is 3.66. The second-order valence-electron chi connectivity index (χ2n) is 2.63. The summed E-state index contributed by atoms with van der Waals surface area (Å²) in [5.74, 6) is 0. The van der Waals surface area contributed by atoms with Crippen molar-refractivity contribution >= 4 is 16.5 Å². The predicted molar refractivity (Wildman–Crippen MR) is 61.3 cm³/mol. The van der Waals surface area contributed by atoms with Crippen molar-refractivity contribution in [1.82, 2.24) is 0 Å². The molecule has 1 aromatic carbocycles. The minimum atomic E-state index is -2.70. The first kappa shape index (κ1) is 14.1. The van der Waals surface area contributed by atoms with Gasteiger partial charge in [-0.25, -0.2) is 4.79 Å². The topological polar surface area (TPSA) is 89.6 Å². The zero-order chi connectivity index (χ0) is 12.4. The summed E-state index contributed by atoms with van der Waals surface area (Å²) in [5.41, 5.74) is 5.62. The van der Waals surface area contributed by atoms with Crippen LogP contribution in [-0.2, 0) is 16.9 Å². The van der Waals surface area contributed by atoms with Crippen molar-refractivity contribution < 1.29 is 13.2 Å². The van der Waals surface area contributed by atoms with E-state index >= 15 is 0 Å². The molecule has 0 atom stereocenters. The number of nitrogens with two attached hydrogens (primary N) is 1. The normalized spacial score (nSPS) is 8.25. The van der Waals surface area contributed by atoms with Gasteiger partial charge in [-0.3, -0.25) is 0 Å². The number of urea groups is 1. The molecule has 0 aliphatic heterocycles.